The summed E-state index contributed by atoms with van der Waals surface area (Å²) in [7, 11) is 0. The number of ether oxygens (including phenoxy) is 2. The van der Waals surface area contributed by atoms with Crippen molar-refractivity contribution in [3.05, 3.63) is 0 Å². The van der Waals surface area contributed by atoms with Gasteiger partial charge in [0.2, 0.25) is 0 Å². The minimum absolute atomic E-state index is 0.0626. The van der Waals surface area contributed by atoms with Gasteiger partial charge in [-0.3, -0.25) is 0 Å². The van der Waals surface area contributed by atoms with Crippen LogP contribution in [-0.4, -0.2) is 25.9 Å². The largest absolute Gasteiger partial charge is 0.373 e. The molecular weight excluding hydrogens is 139 g/mol. The zero-order chi connectivity index (χ0) is 8.04. The molecule has 0 aromatic heterocycles. The highest BCUT2D eigenvalue weighted by atomic mass is 19.2. The molecule has 3 nitrogen and oxygen atoms in total. The highest BCUT2D eigenvalue weighted by Gasteiger charge is 2.28. The van der Waals surface area contributed by atoms with Crippen LogP contribution in [0.25, 0.3) is 0 Å². The molecule has 0 bridgehead atoms. The first kappa shape index (κ1) is 9.81. The molecule has 1 radical (unpaired) electrons. The van der Waals surface area contributed by atoms with Gasteiger partial charge in [0.25, 0.3) is 0 Å². The van der Waals surface area contributed by atoms with Gasteiger partial charge in [0, 0.05) is 6.61 Å². The first-order chi connectivity index (χ1) is 4.62. The summed E-state index contributed by atoms with van der Waals surface area (Å²) in [5.41, 5.74) is 0. The molecule has 0 aromatic rings. The summed E-state index contributed by atoms with van der Waals surface area (Å²) in [6.45, 7) is 3.08. The van der Waals surface area contributed by atoms with E-state index in [2.05, 4.69) is 9.47 Å². The minimum atomic E-state index is -2.87. The Bertz CT molecular complexity index is 85.1. The lowest BCUT2D eigenvalue weighted by atomic mass is 10.6. The molecule has 0 amide bonds. The predicted molar refractivity (Wildman–Crippen MR) is 32.6 cm³/mol. The average molecular weight is 151 g/mol. The predicted octanol–water partition coefficient (Wildman–Crippen LogP) is 1.11. The van der Waals surface area contributed by atoms with Gasteiger partial charge in [-0.2, -0.15) is 9.50 Å². The van der Waals surface area contributed by atoms with Crippen molar-refractivity contribution in [2.24, 2.45) is 0 Å². The maximum atomic E-state index is 12.4. The van der Waals surface area contributed by atoms with Crippen LogP contribution in [0.4, 0.5) is 4.39 Å². The molecular formula is C6H12FO3. The summed E-state index contributed by atoms with van der Waals surface area (Å²) in [6, 6.07) is -2.87. The van der Waals surface area contributed by atoms with Gasteiger partial charge in [-0.15, -0.1) is 0 Å². The topological polar surface area (TPSA) is 38.4 Å². The quantitative estimate of drug-likeness (QED) is 0.552. The van der Waals surface area contributed by atoms with Gasteiger partial charge >= 0.3 is 6.04 Å². The van der Waals surface area contributed by atoms with Crippen molar-refractivity contribution in [1.29, 1.82) is 0 Å². The summed E-state index contributed by atoms with van der Waals surface area (Å²) < 4.78 is 21.1. The van der Waals surface area contributed by atoms with Crippen molar-refractivity contribution >= 4 is 0 Å². The molecule has 0 aliphatic carbocycles. The van der Waals surface area contributed by atoms with E-state index in [1.807, 2.05) is 0 Å². The van der Waals surface area contributed by atoms with Crippen LogP contribution in [0.2, 0.25) is 0 Å². The summed E-state index contributed by atoms with van der Waals surface area (Å²) >= 11 is 0. The zero-order valence-corrected chi connectivity index (χ0v) is 6.22. The highest BCUT2D eigenvalue weighted by molar-refractivity contribution is 4.46. The van der Waals surface area contributed by atoms with Crippen LogP contribution in [0.5, 0.6) is 0 Å². The number of hydrogen-bond acceptors (Lipinski definition) is 2. The Morgan fingerprint density at radius 2 is 2.00 bits per heavy atom. The summed E-state index contributed by atoms with van der Waals surface area (Å²) in [6.07, 6.45) is 0. The second-order valence-corrected chi connectivity index (χ2v) is 1.73. The van der Waals surface area contributed by atoms with Gasteiger partial charge in [-0.05, 0) is 13.8 Å². The van der Waals surface area contributed by atoms with E-state index in [1.54, 1.807) is 13.8 Å². The highest BCUT2D eigenvalue weighted by Crippen LogP contribution is 2.09. The standard InChI is InChI=1S/C6H12FO3/c1-3-9-5-6(7,8)10-4-2/h3-5H2,1-2H3. The molecule has 0 N–H and O–H groups in total. The molecule has 0 fully saturated rings. The van der Waals surface area contributed by atoms with Crippen molar-refractivity contribution in [2.75, 3.05) is 19.8 Å². The van der Waals surface area contributed by atoms with E-state index in [-0.39, 0.29) is 6.61 Å². The molecule has 0 saturated heterocycles. The smallest absolute Gasteiger partial charge is 0.371 e. The second-order valence-electron chi connectivity index (χ2n) is 1.73. The zero-order valence-electron chi connectivity index (χ0n) is 6.22. The monoisotopic (exact) mass is 151 g/mol. The van der Waals surface area contributed by atoms with E-state index in [0.717, 1.165) is 0 Å². The molecule has 10 heavy (non-hydrogen) atoms. The van der Waals surface area contributed by atoms with Gasteiger partial charge in [0.05, 0.1) is 6.61 Å². The molecule has 0 rings (SSSR count). The first-order valence-electron chi connectivity index (χ1n) is 3.23. The van der Waals surface area contributed by atoms with Crippen LogP contribution < -0.4 is 0 Å². The minimum Gasteiger partial charge on any atom is -0.373 e. The van der Waals surface area contributed by atoms with Gasteiger partial charge in [-0.25, -0.2) is 0 Å². The maximum Gasteiger partial charge on any atom is 0.371 e. The van der Waals surface area contributed by atoms with Crippen LogP contribution in [0, 0.1) is 0 Å². The van der Waals surface area contributed by atoms with Crippen LogP contribution in [0.15, 0.2) is 0 Å². The van der Waals surface area contributed by atoms with E-state index in [0.29, 0.717) is 6.61 Å². The fraction of sp³-hybridized carbons (Fsp3) is 1.00. The fourth-order valence-electron chi connectivity index (χ4n) is 0.481. The molecule has 1 atom stereocenters. The van der Waals surface area contributed by atoms with Crippen LogP contribution in [0.3, 0.4) is 0 Å². The van der Waals surface area contributed by atoms with Gasteiger partial charge in [0.15, 0.2) is 0 Å². The van der Waals surface area contributed by atoms with Gasteiger partial charge in [-0.1, -0.05) is 0 Å². The fourth-order valence-corrected chi connectivity index (χ4v) is 0.481. The molecule has 0 heterocycles. The Morgan fingerprint density at radius 1 is 1.40 bits per heavy atom. The SMILES string of the molecule is CCOCC([O])(F)OCC. The van der Waals surface area contributed by atoms with E-state index in [1.165, 1.54) is 0 Å². The average Bonchev–Trinajstić information content (AvgIpc) is 1.84. The van der Waals surface area contributed by atoms with Crippen molar-refractivity contribution in [1.82, 2.24) is 0 Å². The van der Waals surface area contributed by atoms with Gasteiger partial charge < -0.3 is 9.47 Å². The maximum absolute atomic E-state index is 12.4. The van der Waals surface area contributed by atoms with Crippen LogP contribution in [0.1, 0.15) is 13.8 Å². The third-order valence-electron chi connectivity index (χ3n) is 0.838. The second kappa shape index (κ2) is 4.60. The number of rotatable bonds is 5. The van der Waals surface area contributed by atoms with Crippen molar-refractivity contribution in [2.45, 2.75) is 19.9 Å². The Morgan fingerprint density at radius 3 is 2.40 bits per heavy atom. The lowest BCUT2D eigenvalue weighted by Crippen LogP contribution is -2.30. The van der Waals surface area contributed by atoms with E-state index in [9.17, 15) is 9.50 Å². The van der Waals surface area contributed by atoms with Crippen LogP contribution in [-0.2, 0) is 14.6 Å². The molecule has 1 unspecified atom stereocenters. The summed E-state index contributed by atoms with van der Waals surface area (Å²) in [5, 5.41) is 10.4. The normalized spacial score (nSPS) is 16.8. The van der Waals surface area contributed by atoms with Crippen molar-refractivity contribution < 1.29 is 19.0 Å². The molecule has 0 aliphatic heterocycles. The van der Waals surface area contributed by atoms with E-state index < -0.39 is 12.6 Å². The van der Waals surface area contributed by atoms with Crippen molar-refractivity contribution in [3.8, 4) is 0 Å². The number of halogens is 1. The molecule has 0 spiro atoms. The third-order valence-corrected chi connectivity index (χ3v) is 0.838. The number of hydrogen-bond donors (Lipinski definition) is 0. The molecule has 0 saturated carbocycles. The lowest BCUT2D eigenvalue weighted by molar-refractivity contribution is -0.339. The van der Waals surface area contributed by atoms with E-state index in [4.69, 9.17) is 0 Å². The lowest BCUT2D eigenvalue weighted by Gasteiger charge is -2.14. The molecule has 61 valence electrons. The van der Waals surface area contributed by atoms with Crippen molar-refractivity contribution in [3.63, 3.8) is 0 Å². The first-order valence-corrected chi connectivity index (χ1v) is 3.23. The Labute approximate surface area is 59.8 Å². The Kier molecular flexibility index (Phi) is 4.51. The molecule has 0 aliphatic rings. The Balaban J connectivity index is 3.42. The summed E-state index contributed by atoms with van der Waals surface area (Å²) in [4.78, 5) is 0. The third kappa shape index (κ3) is 4.67. The Hall–Kier alpha value is -0.190. The molecule has 4 heteroatoms. The van der Waals surface area contributed by atoms with E-state index >= 15 is 0 Å². The van der Waals surface area contributed by atoms with Crippen LogP contribution >= 0.6 is 0 Å². The van der Waals surface area contributed by atoms with Gasteiger partial charge in [0.1, 0.15) is 6.61 Å². The summed E-state index contributed by atoms with van der Waals surface area (Å²) in [5.74, 6) is 0. The molecule has 0 aromatic carbocycles. The number of alkyl halides is 1.